The molecule has 1 aliphatic rings. The molecule has 0 fully saturated rings. The fraction of sp³-hybridized carbons (Fsp3) is 0.125. The Labute approximate surface area is 174 Å². The van der Waals surface area contributed by atoms with Gasteiger partial charge in [-0.05, 0) is 55.0 Å². The molecule has 1 unspecified atom stereocenters. The first-order chi connectivity index (χ1) is 14.4. The number of hydrogen-bond acceptors (Lipinski definition) is 3. The van der Waals surface area contributed by atoms with Crippen LogP contribution in [0.1, 0.15) is 12.5 Å². The molecule has 2 atom stereocenters. The Morgan fingerprint density at radius 2 is 1.43 bits per heavy atom. The van der Waals surface area contributed by atoms with Gasteiger partial charge in [-0.1, -0.05) is 48.5 Å². The topological polar surface area (TPSA) is 55.4 Å². The lowest BCUT2D eigenvalue weighted by atomic mass is 9.87. The minimum atomic E-state index is -3.36. The third-order valence-corrected chi connectivity index (χ3v) is 8.12. The van der Waals surface area contributed by atoms with E-state index in [1.807, 2.05) is 67.6 Å². The van der Waals surface area contributed by atoms with Gasteiger partial charge in [0.05, 0.1) is 5.54 Å². The van der Waals surface area contributed by atoms with E-state index in [1.165, 1.54) is 18.2 Å². The Morgan fingerprint density at radius 1 is 0.900 bits per heavy atom. The Hall–Kier alpha value is -3.01. The molecule has 1 heterocycles. The number of hydrogen-bond donors (Lipinski definition) is 1. The van der Waals surface area contributed by atoms with Crippen LogP contribution in [0.2, 0.25) is 0 Å². The van der Waals surface area contributed by atoms with Gasteiger partial charge in [0, 0.05) is 16.7 Å². The predicted molar refractivity (Wildman–Crippen MR) is 116 cm³/mol. The first-order valence-corrected chi connectivity index (χ1v) is 11.3. The smallest absolute Gasteiger partial charge is 0.331 e. The minimum Gasteiger partial charge on any atom is -0.453 e. The normalized spacial score (nSPS) is 18.1. The number of halogens is 1. The van der Waals surface area contributed by atoms with E-state index >= 15 is 0 Å². The van der Waals surface area contributed by atoms with Gasteiger partial charge in [0.15, 0.2) is 0 Å². The van der Waals surface area contributed by atoms with Crippen LogP contribution < -0.4 is 15.7 Å². The third kappa shape index (κ3) is 3.74. The molecule has 4 nitrogen and oxygen atoms in total. The molecule has 4 rings (SSSR count). The lowest BCUT2D eigenvalue weighted by Gasteiger charge is -2.39. The van der Waals surface area contributed by atoms with E-state index in [9.17, 15) is 13.8 Å². The molecule has 3 aromatic rings. The van der Waals surface area contributed by atoms with Crippen LogP contribution in [0, 0.1) is 5.82 Å². The van der Waals surface area contributed by atoms with Gasteiger partial charge in [0.1, 0.15) is 11.9 Å². The number of esters is 1. The summed E-state index contributed by atoms with van der Waals surface area (Å²) in [6.07, 6.45) is 2.28. The van der Waals surface area contributed by atoms with Gasteiger partial charge >= 0.3 is 5.97 Å². The molecule has 0 radical (unpaired) electrons. The second-order valence-electron chi connectivity index (χ2n) is 7.32. The molecule has 1 aliphatic heterocycles. The molecule has 0 aromatic heterocycles. The maximum absolute atomic E-state index is 14.6. The van der Waals surface area contributed by atoms with Crippen molar-refractivity contribution in [2.45, 2.75) is 18.6 Å². The van der Waals surface area contributed by atoms with Gasteiger partial charge in [-0.3, -0.25) is 4.57 Å². The summed E-state index contributed by atoms with van der Waals surface area (Å²) in [5, 5.41) is 4.59. The zero-order valence-corrected chi connectivity index (χ0v) is 17.3. The Morgan fingerprint density at radius 3 is 1.90 bits per heavy atom. The van der Waals surface area contributed by atoms with Crippen molar-refractivity contribution in [2.75, 3.05) is 0 Å². The average Bonchev–Trinajstić information content (AvgIpc) is 3.22. The number of cyclic esters (lactones) is 1. The second kappa shape index (κ2) is 8.02. The molecule has 6 heteroatoms. The van der Waals surface area contributed by atoms with Gasteiger partial charge in [0.2, 0.25) is 7.29 Å². The highest BCUT2D eigenvalue weighted by atomic mass is 31.2. The number of nitrogens with one attached hydrogen (secondary N) is 1. The first kappa shape index (κ1) is 20.3. The lowest BCUT2D eigenvalue weighted by Crippen LogP contribution is -2.50. The molecule has 152 valence electrons. The van der Waals surface area contributed by atoms with Gasteiger partial charge in [-0.25, -0.2) is 14.3 Å². The van der Waals surface area contributed by atoms with Crippen LogP contribution in [0.5, 0.6) is 0 Å². The van der Waals surface area contributed by atoms with Gasteiger partial charge in [-0.2, -0.15) is 0 Å². The summed E-state index contributed by atoms with van der Waals surface area (Å²) in [6, 6.07) is 24.2. The second-order valence-corrected chi connectivity index (χ2v) is 9.79. The molecule has 0 saturated carbocycles. The van der Waals surface area contributed by atoms with Crippen LogP contribution in [-0.4, -0.2) is 12.1 Å². The molecular formula is C24H21FNO3P. The summed E-state index contributed by atoms with van der Waals surface area (Å²) in [4.78, 5) is 11.8. The van der Waals surface area contributed by atoms with Crippen LogP contribution in [0.15, 0.2) is 97.1 Å². The number of carbonyl (C=O) groups is 1. The van der Waals surface area contributed by atoms with E-state index < -0.39 is 24.9 Å². The number of rotatable bonds is 6. The van der Waals surface area contributed by atoms with E-state index in [-0.39, 0.29) is 5.82 Å². The van der Waals surface area contributed by atoms with Crippen LogP contribution in [0.3, 0.4) is 0 Å². The van der Waals surface area contributed by atoms with E-state index in [1.54, 1.807) is 18.2 Å². The summed E-state index contributed by atoms with van der Waals surface area (Å²) in [7, 11) is -3.36. The van der Waals surface area contributed by atoms with Crippen LogP contribution in [0.25, 0.3) is 0 Å². The van der Waals surface area contributed by atoms with Crippen molar-refractivity contribution >= 4 is 23.9 Å². The maximum Gasteiger partial charge on any atom is 0.331 e. The van der Waals surface area contributed by atoms with Crippen molar-refractivity contribution < 1.29 is 18.5 Å². The van der Waals surface area contributed by atoms with Crippen molar-refractivity contribution in [2.24, 2.45) is 0 Å². The molecule has 0 bridgehead atoms. The zero-order chi connectivity index (χ0) is 21.2. The van der Waals surface area contributed by atoms with Gasteiger partial charge in [-0.15, -0.1) is 0 Å². The summed E-state index contributed by atoms with van der Waals surface area (Å²) in [5.41, 5.74) is -0.419. The highest BCUT2D eigenvalue weighted by Crippen LogP contribution is 2.46. The van der Waals surface area contributed by atoms with Gasteiger partial charge in [0.25, 0.3) is 0 Å². The minimum absolute atomic E-state index is 0.380. The first-order valence-electron chi connectivity index (χ1n) is 9.57. The van der Waals surface area contributed by atoms with Crippen molar-refractivity contribution in [3.63, 3.8) is 0 Å². The maximum atomic E-state index is 14.6. The number of ether oxygens (including phenoxy) is 1. The molecule has 30 heavy (non-hydrogen) atoms. The summed E-state index contributed by atoms with van der Waals surface area (Å²) < 4.78 is 33.7. The SMILES string of the molecule is C[C@](NP(=O)(c1ccccc1)c1ccccc1)(c1ccc(F)cc1)C1C=CC(=O)O1. The molecule has 3 aromatic carbocycles. The fourth-order valence-electron chi connectivity index (χ4n) is 3.65. The van der Waals surface area contributed by atoms with Crippen LogP contribution in [0.4, 0.5) is 4.39 Å². The van der Waals surface area contributed by atoms with E-state index in [2.05, 4.69) is 5.09 Å². The summed E-state index contributed by atoms with van der Waals surface area (Å²) >= 11 is 0. The van der Waals surface area contributed by atoms with Crippen LogP contribution >= 0.6 is 7.29 Å². The summed E-state index contributed by atoms with van der Waals surface area (Å²) in [5.74, 6) is -0.848. The van der Waals surface area contributed by atoms with E-state index in [0.717, 1.165) is 0 Å². The lowest BCUT2D eigenvalue weighted by molar-refractivity contribution is -0.141. The molecule has 0 amide bonds. The zero-order valence-electron chi connectivity index (χ0n) is 16.4. The molecule has 1 N–H and O–H groups in total. The quantitative estimate of drug-likeness (QED) is 0.482. The van der Waals surface area contributed by atoms with Crippen molar-refractivity contribution in [3.05, 3.63) is 108 Å². The number of carbonyl (C=O) groups excluding carboxylic acids is 1. The van der Waals surface area contributed by atoms with Gasteiger partial charge < -0.3 is 4.74 Å². The molecule has 0 aliphatic carbocycles. The van der Waals surface area contributed by atoms with Crippen molar-refractivity contribution in [1.82, 2.24) is 5.09 Å². The number of benzene rings is 3. The average molecular weight is 421 g/mol. The van der Waals surface area contributed by atoms with Crippen molar-refractivity contribution in [1.29, 1.82) is 0 Å². The Kier molecular flexibility index (Phi) is 5.42. The fourth-order valence-corrected chi connectivity index (χ4v) is 6.30. The predicted octanol–water partition coefficient (Wildman–Crippen LogP) is 4.04. The largest absolute Gasteiger partial charge is 0.453 e. The Balaban J connectivity index is 1.87. The van der Waals surface area contributed by atoms with Crippen LogP contribution in [-0.2, 0) is 19.6 Å². The Bertz CT molecular complexity index is 1070. The molecular weight excluding hydrogens is 400 g/mol. The van der Waals surface area contributed by atoms with Crippen molar-refractivity contribution in [3.8, 4) is 0 Å². The summed E-state index contributed by atoms with van der Waals surface area (Å²) in [6.45, 7) is 1.81. The standard InChI is InChI=1S/C24H21FNO3P/c1-24(22-16-17-23(27)29-22,18-12-14-19(25)15-13-18)26-30(28,20-8-4-2-5-9-20)21-10-6-3-7-11-21/h2-17,22H,1H3,(H,26,28)/t22?,24-/m0/s1. The monoisotopic (exact) mass is 421 g/mol. The molecule has 0 saturated heterocycles. The van der Waals surface area contributed by atoms with E-state index in [4.69, 9.17) is 4.74 Å². The molecule has 0 spiro atoms. The van der Waals surface area contributed by atoms with E-state index in [0.29, 0.717) is 16.2 Å². The highest BCUT2D eigenvalue weighted by molar-refractivity contribution is 7.77. The third-order valence-electron chi connectivity index (χ3n) is 5.29. The highest BCUT2D eigenvalue weighted by Gasteiger charge is 2.45.